The summed E-state index contributed by atoms with van der Waals surface area (Å²) >= 11 is -1.62. The minimum Gasteiger partial charge on any atom is -0.314 e. The van der Waals surface area contributed by atoms with Gasteiger partial charge in [-0.15, -0.1) is 0 Å². The second kappa shape index (κ2) is 4.82. The van der Waals surface area contributed by atoms with Crippen LogP contribution in [-0.4, -0.2) is 40.2 Å². The summed E-state index contributed by atoms with van der Waals surface area (Å²) in [5.74, 6) is 0.382. The lowest BCUT2D eigenvalue weighted by atomic mass is 10.2. The van der Waals surface area contributed by atoms with Crippen molar-refractivity contribution in [3.05, 3.63) is 0 Å². The second-order valence-electron chi connectivity index (χ2n) is 2.69. The van der Waals surface area contributed by atoms with Crippen molar-refractivity contribution in [3.63, 3.8) is 0 Å². The van der Waals surface area contributed by atoms with Gasteiger partial charge >= 0.3 is 0 Å². The monoisotopic (exact) mass is 178 g/mol. The standard InChI is InChI=1S/C6H14N2O2S/c9-11(10)3-1-2-8-6-4-7-5-6/h6-8H,1-5H2,(H,9,10). The molecule has 0 radical (unpaired) electrons. The first kappa shape index (κ1) is 9.12. The number of nitrogens with one attached hydrogen (secondary N) is 2. The van der Waals surface area contributed by atoms with E-state index in [1.807, 2.05) is 0 Å². The summed E-state index contributed by atoms with van der Waals surface area (Å²) in [5, 5.41) is 6.41. The third kappa shape index (κ3) is 3.81. The molecule has 1 fully saturated rings. The van der Waals surface area contributed by atoms with Gasteiger partial charge in [0.2, 0.25) is 0 Å². The Labute approximate surface area is 69.0 Å². The molecule has 0 amide bonds. The van der Waals surface area contributed by atoms with E-state index in [1.165, 1.54) is 0 Å². The van der Waals surface area contributed by atoms with E-state index in [0.717, 1.165) is 26.1 Å². The van der Waals surface area contributed by atoms with E-state index in [4.69, 9.17) is 4.55 Å². The van der Waals surface area contributed by atoms with Crippen molar-refractivity contribution in [1.29, 1.82) is 0 Å². The predicted molar refractivity (Wildman–Crippen MR) is 44.9 cm³/mol. The average Bonchev–Trinajstić information content (AvgIpc) is 1.82. The van der Waals surface area contributed by atoms with Crippen molar-refractivity contribution in [2.75, 3.05) is 25.4 Å². The maximum atomic E-state index is 10.2. The molecule has 0 saturated carbocycles. The van der Waals surface area contributed by atoms with Crippen LogP contribution in [0.2, 0.25) is 0 Å². The maximum absolute atomic E-state index is 10.2. The smallest absolute Gasteiger partial charge is 0.152 e. The summed E-state index contributed by atoms with van der Waals surface area (Å²) < 4.78 is 18.6. The summed E-state index contributed by atoms with van der Waals surface area (Å²) in [6, 6.07) is 0.585. The van der Waals surface area contributed by atoms with Gasteiger partial charge in [-0.2, -0.15) is 0 Å². The van der Waals surface area contributed by atoms with E-state index in [0.29, 0.717) is 11.8 Å². The second-order valence-corrected chi connectivity index (χ2v) is 3.74. The minimum atomic E-state index is -1.62. The van der Waals surface area contributed by atoms with Gasteiger partial charge in [-0.3, -0.25) is 0 Å². The molecule has 0 aliphatic carbocycles. The van der Waals surface area contributed by atoms with E-state index in [2.05, 4.69) is 10.6 Å². The van der Waals surface area contributed by atoms with Gasteiger partial charge in [-0.1, -0.05) is 0 Å². The van der Waals surface area contributed by atoms with Gasteiger partial charge in [0.05, 0.1) is 5.75 Å². The SMILES string of the molecule is O=S(O)CCCNC1CNC1. The molecule has 4 nitrogen and oxygen atoms in total. The molecular formula is C6H14N2O2S. The molecule has 0 aromatic rings. The highest BCUT2D eigenvalue weighted by Gasteiger charge is 2.14. The Morgan fingerprint density at radius 1 is 1.64 bits per heavy atom. The van der Waals surface area contributed by atoms with Crippen molar-refractivity contribution >= 4 is 11.1 Å². The fourth-order valence-electron chi connectivity index (χ4n) is 0.935. The molecule has 1 atom stereocenters. The molecule has 1 rings (SSSR count). The summed E-state index contributed by atoms with van der Waals surface area (Å²) in [6.07, 6.45) is 0.777. The predicted octanol–water partition coefficient (Wildman–Crippen LogP) is -0.840. The molecule has 1 aliphatic rings. The van der Waals surface area contributed by atoms with E-state index in [1.54, 1.807) is 0 Å². The number of rotatable bonds is 5. The average molecular weight is 178 g/mol. The Morgan fingerprint density at radius 2 is 2.36 bits per heavy atom. The van der Waals surface area contributed by atoms with Crippen molar-refractivity contribution in [2.24, 2.45) is 0 Å². The summed E-state index contributed by atoms with van der Waals surface area (Å²) in [5.41, 5.74) is 0. The van der Waals surface area contributed by atoms with Crippen LogP contribution in [0.5, 0.6) is 0 Å². The highest BCUT2D eigenvalue weighted by molar-refractivity contribution is 7.79. The van der Waals surface area contributed by atoms with E-state index in [9.17, 15) is 4.21 Å². The quantitative estimate of drug-likeness (QED) is 0.379. The summed E-state index contributed by atoms with van der Waals surface area (Å²) in [4.78, 5) is 0. The van der Waals surface area contributed by atoms with Crippen LogP contribution in [-0.2, 0) is 11.1 Å². The Kier molecular flexibility index (Phi) is 3.99. The molecular weight excluding hydrogens is 164 g/mol. The van der Waals surface area contributed by atoms with Crippen molar-refractivity contribution < 1.29 is 8.76 Å². The highest BCUT2D eigenvalue weighted by atomic mass is 32.2. The molecule has 0 bridgehead atoms. The Balaban J connectivity index is 1.83. The first-order valence-electron chi connectivity index (χ1n) is 3.80. The van der Waals surface area contributed by atoms with E-state index < -0.39 is 11.1 Å². The zero-order valence-electron chi connectivity index (χ0n) is 6.38. The van der Waals surface area contributed by atoms with E-state index in [-0.39, 0.29) is 0 Å². The number of hydrogen-bond acceptors (Lipinski definition) is 3. The van der Waals surface area contributed by atoms with E-state index >= 15 is 0 Å². The van der Waals surface area contributed by atoms with Gasteiger partial charge in [-0.05, 0) is 13.0 Å². The van der Waals surface area contributed by atoms with Crippen molar-refractivity contribution in [1.82, 2.24) is 10.6 Å². The molecule has 11 heavy (non-hydrogen) atoms. The van der Waals surface area contributed by atoms with Crippen molar-refractivity contribution in [3.8, 4) is 0 Å². The molecule has 0 aromatic heterocycles. The molecule has 0 spiro atoms. The van der Waals surface area contributed by atoms with Crippen molar-refractivity contribution in [2.45, 2.75) is 12.5 Å². The van der Waals surface area contributed by atoms with Gasteiger partial charge in [0.15, 0.2) is 11.1 Å². The Hall–Kier alpha value is 0.0300. The lowest BCUT2D eigenvalue weighted by Crippen LogP contribution is -2.55. The van der Waals surface area contributed by atoms with Gasteiger partial charge in [0, 0.05) is 19.1 Å². The third-order valence-electron chi connectivity index (χ3n) is 1.71. The topological polar surface area (TPSA) is 61.4 Å². The molecule has 66 valence electrons. The normalized spacial score (nSPS) is 21.2. The summed E-state index contributed by atoms with van der Waals surface area (Å²) in [6.45, 7) is 2.91. The molecule has 1 unspecified atom stereocenters. The van der Waals surface area contributed by atoms with Crippen LogP contribution in [0, 0.1) is 0 Å². The zero-order chi connectivity index (χ0) is 8.10. The van der Waals surface area contributed by atoms with Crippen LogP contribution in [0.4, 0.5) is 0 Å². The van der Waals surface area contributed by atoms with Crippen LogP contribution in [0.15, 0.2) is 0 Å². The molecule has 5 heteroatoms. The van der Waals surface area contributed by atoms with Gasteiger partial charge in [-0.25, -0.2) is 4.21 Å². The van der Waals surface area contributed by atoms with Gasteiger partial charge in [0.25, 0.3) is 0 Å². The first-order valence-corrected chi connectivity index (χ1v) is 5.08. The van der Waals surface area contributed by atoms with Crippen LogP contribution in [0.1, 0.15) is 6.42 Å². The summed E-state index contributed by atoms with van der Waals surface area (Å²) in [7, 11) is 0. The zero-order valence-corrected chi connectivity index (χ0v) is 7.19. The number of hydrogen-bond donors (Lipinski definition) is 3. The highest BCUT2D eigenvalue weighted by Crippen LogP contribution is 1.90. The largest absolute Gasteiger partial charge is 0.314 e. The fourth-order valence-corrected chi connectivity index (χ4v) is 1.33. The molecule has 3 N–H and O–H groups in total. The van der Waals surface area contributed by atoms with Crippen LogP contribution < -0.4 is 10.6 Å². The first-order chi connectivity index (χ1) is 5.29. The molecule has 1 heterocycles. The third-order valence-corrected chi connectivity index (χ3v) is 2.35. The Morgan fingerprint density at radius 3 is 2.82 bits per heavy atom. The van der Waals surface area contributed by atoms with Gasteiger partial charge < -0.3 is 15.2 Å². The van der Waals surface area contributed by atoms with Crippen LogP contribution >= 0.6 is 0 Å². The Bertz CT molecular complexity index is 139. The minimum absolute atomic E-state index is 0.382. The lowest BCUT2D eigenvalue weighted by molar-refractivity contribution is 0.367. The van der Waals surface area contributed by atoms with Crippen LogP contribution in [0.3, 0.4) is 0 Å². The maximum Gasteiger partial charge on any atom is 0.152 e. The lowest BCUT2D eigenvalue weighted by Gasteiger charge is -2.27. The molecule has 1 saturated heterocycles. The molecule has 1 aliphatic heterocycles. The molecule has 0 aromatic carbocycles. The van der Waals surface area contributed by atoms with Gasteiger partial charge in [0.1, 0.15) is 0 Å². The fraction of sp³-hybridized carbons (Fsp3) is 1.00. The van der Waals surface area contributed by atoms with Crippen LogP contribution in [0.25, 0.3) is 0 Å².